The topological polar surface area (TPSA) is 78.8 Å². The quantitative estimate of drug-likeness (QED) is 0.226. The maximum absolute atomic E-state index is 11.1. The number of nitro benzene ring substituents is 1. The second-order valence-corrected chi connectivity index (χ2v) is 7.19. The molecule has 0 unspecified atom stereocenters. The van der Waals surface area contributed by atoms with Gasteiger partial charge in [-0.1, -0.05) is 36.3 Å². The summed E-state index contributed by atoms with van der Waals surface area (Å²) in [6.45, 7) is 0.353. The van der Waals surface area contributed by atoms with Gasteiger partial charge in [-0.25, -0.2) is 9.67 Å². The molecule has 5 aromatic rings. The molecular formula is C25H17N5O2. The Balaban J connectivity index is 1.75. The maximum Gasteiger partial charge on any atom is 0.269 e. The van der Waals surface area contributed by atoms with Crippen molar-refractivity contribution in [1.82, 2.24) is 19.3 Å². The van der Waals surface area contributed by atoms with Crippen LogP contribution in [-0.4, -0.2) is 24.3 Å². The van der Waals surface area contributed by atoms with Crippen LogP contribution in [-0.2, 0) is 6.54 Å². The highest BCUT2D eigenvalue weighted by Crippen LogP contribution is 2.34. The van der Waals surface area contributed by atoms with Crippen LogP contribution in [0.5, 0.6) is 0 Å². The zero-order chi connectivity index (χ0) is 22.1. The summed E-state index contributed by atoms with van der Waals surface area (Å²) in [5.74, 6) is 3.41. The second-order valence-electron chi connectivity index (χ2n) is 7.19. The van der Waals surface area contributed by atoms with Gasteiger partial charge in [0.1, 0.15) is 11.5 Å². The molecule has 7 nitrogen and oxygen atoms in total. The van der Waals surface area contributed by atoms with Gasteiger partial charge in [0.2, 0.25) is 0 Å². The highest BCUT2D eigenvalue weighted by atomic mass is 16.6. The van der Waals surface area contributed by atoms with E-state index in [1.54, 1.807) is 16.8 Å². The molecular weight excluding hydrogens is 402 g/mol. The van der Waals surface area contributed by atoms with E-state index in [2.05, 4.69) is 5.92 Å². The van der Waals surface area contributed by atoms with Crippen molar-refractivity contribution in [1.29, 1.82) is 0 Å². The van der Waals surface area contributed by atoms with Crippen LogP contribution in [0, 0.1) is 22.5 Å². The Morgan fingerprint density at radius 2 is 1.69 bits per heavy atom. The monoisotopic (exact) mass is 419 g/mol. The van der Waals surface area contributed by atoms with Crippen LogP contribution in [0.25, 0.3) is 39.4 Å². The summed E-state index contributed by atoms with van der Waals surface area (Å²) < 4.78 is 3.77. The smallest absolute Gasteiger partial charge is 0.269 e. The zero-order valence-corrected chi connectivity index (χ0v) is 16.9. The van der Waals surface area contributed by atoms with E-state index in [4.69, 9.17) is 16.5 Å². The Hall–Kier alpha value is -4.70. The SMILES string of the molecule is C#CCn1c(-c2cn(-c3ccccc3)nc2-c2ccc([N+](=O)[O-])cc2)nc2ccccc21. The van der Waals surface area contributed by atoms with Crippen LogP contribution in [0.2, 0.25) is 0 Å². The molecule has 0 atom stereocenters. The van der Waals surface area contributed by atoms with E-state index in [1.165, 1.54) is 12.1 Å². The van der Waals surface area contributed by atoms with Gasteiger partial charge in [0, 0.05) is 23.9 Å². The van der Waals surface area contributed by atoms with Gasteiger partial charge in [-0.05, 0) is 36.4 Å². The number of para-hydroxylation sites is 3. The molecule has 0 spiro atoms. The first-order valence-corrected chi connectivity index (χ1v) is 9.95. The third-order valence-electron chi connectivity index (χ3n) is 5.23. The van der Waals surface area contributed by atoms with Crippen molar-refractivity contribution in [2.24, 2.45) is 0 Å². The minimum atomic E-state index is -0.417. The predicted octanol–water partition coefficient (Wildman–Crippen LogP) is 5.10. The van der Waals surface area contributed by atoms with Crippen LogP contribution in [0.3, 0.4) is 0 Å². The number of terminal acetylenes is 1. The Morgan fingerprint density at radius 1 is 0.969 bits per heavy atom. The normalized spacial score (nSPS) is 10.8. The summed E-state index contributed by atoms with van der Waals surface area (Å²) in [5, 5.41) is 15.9. The summed E-state index contributed by atoms with van der Waals surface area (Å²) in [6.07, 6.45) is 7.58. The molecule has 0 radical (unpaired) electrons. The first-order valence-electron chi connectivity index (χ1n) is 9.95. The van der Waals surface area contributed by atoms with Gasteiger partial charge in [-0.2, -0.15) is 5.10 Å². The third-order valence-corrected chi connectivity index (χ3v) is 5.23. The van der Waals surface area contributed by atoms with Crippen molar-refractivity contribution in [2.75, 3.05) is 0 Å². The Labute approximate surface area is 183 Å². The summed E-state index contributed by atoms with van der Waals surface area (Å²) in [5.41, 5.74) is 4.88. The highest BCUT2D eigenvalue weighted by Gasteiger charge is 2.21. The molecule has 2 aromatic heterocycles. The average Bonchev–Trinajstić information content (AvgIpc) is 3.42. The standard InChI is InChI=1S/C25H17N5O2/c1-2-16-28-23-11-7-6-10-22(23)26-25(28)21-17-29(19-8-4-3-5-9-19)27-24(21)18-12-14-20(15-13-18)30(31)32/h1,3-15,17H,16H2. The number of aromatic nitrogens is 4. The van der Waals surface area contributed by atoms with Crippen LogP contribution >= 0.6 is 0 Å². The lowest BCUT2D eigenvalue weighted by Gasteiger charge is -2.06. The molecule has 32 heavy (non-hydrogen) atoms. The third kappa shape index (κ3) is 3.30. The molecule has 0 amide bonds. The highest BCUT2D eigenvalue weighted by molar-refractivity contribution is 5.85. The van der Waals surface area contributed by atoms with Gasteiger partial charge in [0.25, 0.3) is 5.69 Å². The summed E-state index contributed by atoms with van der Waals surface area (Å²) in [6, 6.07) is 23.9. The van der Waals surface area contributed by atoms with Gasteiger partial charge < -0.3 is 4.57 Å². The molecule has 0 saturated carbocycles. The Morgan fingerprint density at radius 3 is 2.41 bits per heavy atom. The fourth-order valence-corrected chi connectivity index (χ4v) is 3.74. The molecule has 0 aliphatic heterocycles. The fraction of sp³-hybridized carbons (Fsp3) is 0.0400. The molecule has 0 bridgehead atoms. The molecule has 2 heterocycles. The van der Waals surface area contributed by atoms with Gasteiger partial charge >= 0.3 is 0 Å². The van der Waals surface area contributed by atoms with Crippen LogP contribution in [0.15, 0.2) is 85.1 Å². The van der Waals surface area contributed by atoms with Gasteiger partial charge in [-0.15, -0.1) is 6.42 Å². The number of non-ortho nitro benzene ring substituents is 1. The van der Waals surface area contributed by atoms with Gasteiger partial charge in [0.15, 0.2) is 0 Å². The number of rotatable bonds is 5. The second kappa shape index (κ2) is 7.85. The lowest BCUT2D eigenvalue weighted by molar-refractivity contribution is -0.384. The Kier molecular flexibility index (Phi) is 4.73. The summed E-state index contributed by atoms with van der Waals surface area (Å²) >= 11 is 0. The minimum Gasteiger partial charge on any atom is -0.312 e. The molecule has 0 saturated heterocycles. The molecule has 5 rings (SSSR count). The van der Waals surface area contributed by atoms with Crippen molar-refractivity contribution in [3.8, 4) is 40.7 Å². The average molecular weight is 419 g/mol. The summed E-state index contributed by atoms with van der Waals surface area (Å²) in [7, 11) is 0. The maximum atomic E-state index is 11.1. The number of benzene rings is 3. The van der Waals surface area contributed by atoms with E-state index in [0.717, 1.165) is 27.8 Å². The fourth-order valence-electron chi connectivity index (χ4n) is 3.74. The lowest BCUT2D eigenvalue weighted by atomic mass is 10.1. The molecule has 7 heteroatoms. The van der Waals surface area contributed by atoms with Crippen molar-refractivity contribution >= 4 is 16.7 Å². The number of hydrogen-bond acceptors (Lipinski definition) is 4. The number of fused-ring (bicyclic) bond motifs is 1. The zero-order valence-electron chi connectivity index (χ0n) is 16.9. The number of nitrogens with zero attached hydrogens (tertiary/aromatic N) is 5. The van der Waals surface area contributed by atoms with Gasteiger partial charge in [0.05, 0.1) is 33.8 Å². The van der Waals surface area contributed by atoms with E-state index >= 15 is 0 Å². The minimum absolute atomic E-state index is 0.0253. The first-order chi connectivity index (χ1) is 15.7. The van der Waals surface area contributed by atoms with Crippen molar-refractivity contribution in [2.45, 2.75) is 6.54 Å². The van der Waals surface area contributed by atoms with Crippen LogP contribution < -0.4 is 0 Å². The van der Waals surface area contributed by atoms with Crippen LogP contribution in [0.4, 0.5) is 5.69 Å². The molecule has 0 aliphatic rings. The molecule has 0 fully saturated rings. The first kappa shape index (κ1) is 19.3. The van der Waals surface area contributed by atoms with Crippen LogP contribution in [0.1, 0.15) is 0 Å². The number of nitro groups is 1. The van der Waals surface area contributed by atoms with E-state index in [1.807, 2.05) is 65.4 Å². The summed E-state index contributed by atoms with van der Waals surface area (Å²) in [4.78, 5) is 15.5. The van der Waals surface area contributed by atoms with E-state index in [-0.39, 0.29) is 5.69 Å². The molecule has 0 N–H and O–H groups in total. The number of imidazole rings is 1. The van der Waals surface area contributed by atoms with Crippen molar-refractivity contribution in [3.63, 3.8) is 0 Å². The molecule has 3 aromatic carbocycles. The predicted molar refractivity (Wildman–Crippen MR) is 123 cm³/mol. The number of hydrogen-bond donors (Lipinski definition) is 0. The van der Waals surface area contributed by atoms with Crippen molar-refractivity contribution in [3.05, 3.63) is 95.2 Å². The van der Waals surface area contributed by atoms with Gasteiger partial charge in [-0.3, -0.25) is 10.1 Å². The largest absolute Gasteiger partial charge is 0.312 e. The van der Waals surface area contributed by atoms with E-state index < -0.39 is 4.92 Å². The van der Waals surface area contributed by atoms with E-state index in [9.17, 15) is 10.1 Å². The van der Waals surface area contributed by atoms with Crippen molar-refractivity contribution < 1.29 is 4.92 Å². The molecule has 154 valence electrons. The van der Waals surface area contributed by atoms with E-state index in [0.29, 0.717) is 18.1 Å². The molecule has 0 aliphatic carbocycles. The Bertz CT molecular complexity index is 1470. The lowest BCUT2D eigenvalue weighted by Crippen LogP contribution is -1.99.